The molecule has 26 heavy (non-hydrogen) atoms. The van der Waals surface area contributed by atoms with Crippen LogP contribution in [0.3, 0.4) is 0 Å². The topological polar surface area (TPSA) is 87.8 Å². The molecular weight excluding hydrogens is 396 g/mol. The highest BCUT2D eigenvalue weighted by atomic mass is 79.9. The molecule has 1 aromatic carbocycles. The van der Waals surface area contributed by atoms with Crippen molar-refractivity contribution in [2.45, 2.75) is 25.7 Å². The zero-order chi connectivity index (χ0) is 18.7. The lowest BCUT2D eigenvalue weighted by atomic mass is 9.75. The fraction of sp³-hybridized carbons (Fsp3) is 0.368. The Bertz CT molecular complexity index is 867. The van der Waals surface area contributed by atoms with E-state index in [0.29, 0.717) is 24.1 Å². The van der Waals surface area contributed by atoms with Crippen LogP contribution in [0.5, 0.6) is 0 Å². The minimum Gasteiger partial charge on any atom is -0.322 e. The van der Waals surface area contributed by atoms with Gasteiger partial charge >= 0.3 is 0 Å². The normalized spacial score (nSPS) is 19.6. The van der Waals surface area contributed by atoms with Crippen molar-refractivity contribution in [3.05, 3.63) is 46.2 Å². The maximum atomic E-state index is 12.9. The van der Waals surface area contributed by atoms with Crippen LogP contribution in [0, 0.1) is 23.2 Å². The fourth-order valence-electron chi connectivity index (χ4n) is 3.47. The van der Waals surface area contributed by atoms with E-state index in [1.165, 1.54) is 4.68 Å². The van der Waals surface area contributed by atoms with Crippen LogP contribution in [0.2, 0.25) is 0 Å². The Morgan fingerprint density at radius 3 is 2.54 bits per heavy atom. The van der Waals surface area contributed by atoms with Crippen molar-refractivity contribution < 1.29 is 9.59 Å². The molecule has 134 valence electrons. The van der Waals surface area contributed by atoms with Crippen molar-refractivity contribution >= 4 is 33.3 Å². The van der Waals surface area contributed by atoms with E-state index in [-0.39, 0.29) is 23.3 Å². The zero-order valence-electron chi connectivity index (χ0n) is 14.4. The van der Waals surface area contributed by atoms with Crippen LogP contribution in [-0.2, 0) is 11.8 Å². The fourth-order valence-corrected chi connectivity index (χ4v) is 3.74. The number of aromatic nitrogens is 2. The van der Waals surface area contributed by atoms with Crippen LogP contribution in [0.4, 0.5) is 5.69 Å². The van der Waals surface area contributed by atoms with Crippen molar-refractivity contribution in [1.29, 1.82) is 5.26 Å². The number of nitrogens with zero attached hydrogens (tertiary/aromatic N) is 3. The number of nitrogens with one attached hydrogen (secondary N) is 1. The first-order chi connectivity index (χ1) is 12.5. The van der Waals surface area contributed by atoms with Gasteiger partial charge in [0.1, 0.15) is 6.07 Å². The molecule has 1 aliphatic carbocycles. The summed E-state index contributed by atoms with van der Waals surface area (Å²) in [6.07, 6.45) is 4.82. The van der Waals surface area contributed by atoms with Gasteiger partial charge in [0.2, 0.25) is 5.91 Å². The number of hydrogen-bond acceptors (Lipinski definition) is 4. The first kappa shape index (κ1) is 18.3. The highest BCUT2D eigenvalue weighted by Crippen LogP contribution is 2.34. The van der Waals surface area contributed by atoms with Gasteiger partial charge < -0.3 is 5.32 Å². The van der Waals surface area contributed by atoms with E-state index >= 15 is 0 Å². The Kier molecular flexibility index (Phi) is 5.52. The van der Waals surface area contributed by atoms with Gasteiger partial charge in [0.25, 0.3) is 0 Å². The Labute approximate surface area is 160 Å². The number of halogens is 1. The van der Waals surface area contributed by atoms with Crippen molar-refractivity contribution in [2.75, 3.05) is 5.32 Å². The summed E-state index contributed by atoms with van der Waals surface area (Å²) in [4.78, 5) is 25.8. The average Bonchev–Trinajstić information content (AvgIpc) is 3.01. The van der Waals surface area contributed by atoms with Crippen LogP contribution in [-0.4, -0.2) is 21.5 Å². The van der Waals surface area contributed by atoms with E-state index in [1.54, 1.807) is 25.4 Å². The molecule has 0 bridgehead atoms. The number of benzene rings is 1. The molecule has 0 saturated heterocycles. The molecule has 0 aliphatic heterocycles. The first-order valence-corrected chi connectivity index (χ1v) is 9.33. The number of carbonyl (C=O) groups is 2. The number of carbonyl (C=O) groups excluding carboxylic acids is 2. The minimum atomic E-state index is -0.397. The minimum absolute atomic E-state index is 0.00374. The van der Waals surface area contributed by atoms with Gasteiger partial charge in [0.15, 0.2) is 11.5 Å². The van der Waals surface area contributed by atoms with E-state index in [2.05, 4.69) is 26.3 Å². The van der Waals surface area contributed by atoms with Crippen molar-refractivity contribution in [1.82, 2.24) is 9.78 Å². The lowest BCUT2D eigenvalue weighted by Crippen LogP contribution is -2.36. The summed E-state index contributed by atoms with van der Waals surface area (Å²) >= 11 is 3.37. The lowest BCUT2D eigenvalue weighted by molar-refractivity contribution is -0.122. The molecule has 0 spiro atoms. The summed E-state index contributed by atoms with van der Waals surface area (Å²) in [7, 11) is 1.69. The first-order valence-electron chi connectivity index (χ1n) is 8.54. The highest BCUT2D eigenvalue weighted by Gasteiger charge is 2.36. The van der Waals surface area contributed by atoms with Crippen molar-refractivity contribution in [3.63, 3.8) is 0 Å². The quantitative estimate of drug-likeness (QED) is 0.772. The largest absolute Gasteiger partial charge is 0.322 e. The Morgan fingerprint density at radius 1 is 1.23 bits per heavy atom. The van der Waals surface area contributed by atoms with E-state index in [4.69, 9.17) is 5.26 Å². The summed E-state index contributed by atoms with van der Waals surface area (Å²) in [5, 5.41) is 15.9. The van der Waals surface area contributed by atoms with Gasteiger partial charge in [0, 0.05) is 35.1 Å². The molecule has 1 aromatic heterocycles. The van der Waals surface area contributed by atoms with Gasteiger partial charge in [-0.3, -0.25) is 14.3 Å². The number of nitriles is 1. The van der Waals surface area contributed by atoms with E-state index in [9.17, 15) is 9.59 Å². The SMILES string of the molecule is Cn1cc(NC(=O)C2CCCCC2C(=O)c2ccc(Br)cc2)c(C#N)n1. The molecule has 1 amide bonds. The molecule has 1 saturated carbocycles. The van der Waals surface area contributed by atoms with Gasteiger partial charge in [-0.25, -0.2) is 0 Å². The molecule has 2 atom stereocenters. The van der Waals surface area contributed by atoms with Crippen LogP contribution >= 0.6 is 15.9 Å². The molecule has 0 radical (unpaired) electrons. The van der Waals surface area contributed by atoms with Gasteiger partial charge in [-0.05, 0) is 25.0 Å². The Hall–Kier alpha value is -2.46. The van der Waals surface area contributed by atoms with Crippen LogP contribution in [0.25, 0.3) is 0 Å². The highest BCUT2D eigenvalue weighted by molar-refractivity contribution is 9.10. The van der Waals surface area contributed by atoms with E-state index < -0.39 is 5.92 Å². The summed E-state index contributed by atoms with van der Waals surface area (Å²) in [5.74, 6) is -0.951. The maximum absolute atomic E-state index is 12.9. The summed E-state index contributed by atoms with van der Waals surface area (Å²) in [5.41, 5.74) is 1.19. The number of ketones is 1. The molecule has 7 heteroatoms. The number of Topliss-reactive ketones (excluding diaryl/α,β-unsaturated/α-hetero) is 1. The molecule has 1 heterocycles. The lowest BCUT2D eigenvalue weighted by Gasteiger charge is -2.29. The van der Waals surface area contributed by atoms with Gasteiger partial charge in [-0.15, -0.1) is 0 Å². The molecular formula is C19H19BrN4O2. The average molecular weight is 415 g/mol. The van der Waals surface area contributed by atoms with Gasteiger partial charge in [0.05, 0.1) is 5.69 Å². The Balaban J connectivity index is 1.79. The maximum Gasteiger partial charge on any atom is 0.228 e. The third-order valence-electron chi connectivity index (χ3n) is 4.76. The third-order valence-corrected chi connectivity index (χ3v) is 5.29. The number of anilines is 1. The molecule has 2 unspecified atom stereocenters. The van der Waals surface area contributed by atoms with Crippen LogP contribution < -0.4 is 5.32 Å². The molecule has 1 aliphatic rings. The van der Waals surface area contributed by atoms with Crippen LogP contribution in [0.1, 0.15) is 41.7 Å². The summed E-state index contributed by atoms with van der Waals surface area (Å²) in [6.45, 7) is 0. The molecule has 2 aromatic rings. The standard InChI is InChI=1S/C19H19BrN4O2/c1-24-11-17(16(10-21)23-24)22-19(26)15-5-3-2-4-14(15)18(25)12-6-8-13(20)9-7-12/h6-9,11,14-15H,2-5H2,1H3,(H,22,26). The number of amides is 1. The second-order valence-electron chi connectivity index (χ2n) is 6.53. The summed E-state index contributed by atoms with van der Waals surface area (Å²) in [6, 6.07) is 9.20. The molecule has 1 N–H and O–H groups in total. The predicted octanol–water partition coefficient (Wildman–Crippen LogP) is 3.68. The third kappa shape index (κ3) is 3.86. The number of rotatable bonds is 4. The van der Waals surface area contributed by atoms with Crippen LogP contribution in [0.15, 0.2) is 34.9 Å². The Morgan fingerprint density at radius 2 is 1.88 bits per heavy atom. The second kappa shape index (κ2) is 7.83. The molecule has 1 fully saturated rings. The van der Waals surface area contributed by atoms with Gasteiger partial charge in [-0.2, -0.15) is 10.4 Å². The molecule has 3 rings (SSSR count). The van der Waals surface area contributed by atoms with Gasteiger partial charge in [-0.1, -0.05) is 40.9 Å². The monoisotopic (exact) mass is 414 g/mol. The number of hydrogen-bond donors (Lipinski definition) is 1. The summed E-state index contributed by atoms with van der Waals surface area (Å²) < 4.78 is 2.40. The predicted molar refractivity (Wildman–Crippen MR) is 100 cm³/mol. The van der Waals surface area contributed by atoms with E-state index in [1.807, 2.05) is 18.2 Å². The zero-order valence-corrected chi connectivity index (χ0v) is 16.0. The molecule has 6 nitrogen and oxygen atoms in total. The van der Waals surface area contributed by atoms with Crippen molar-refractivity contribution in [3.8, 4) is 6.07 Å². The second-order valence-corrected chi connectivity index (χ2v) is 7.45. The smallest absolute Gasteiger partial charge is 0.228 e. The number of aryl methyl sites for hydroxylation is 1. The van der Waals surface area contributed by atoms with E-state index in [0.717, 1.165) is 17.3 Å². The van der Waals surface area contributed by atoms with Crippen molar-refractivity contribution in [2.24, 2.45) is 18.9 Å².